The van der Waals surface area contributed by atoms with Crippen molar-refractivity contribution in [1.29, 1.82) is 0 Å². The van der Waals surface area contributed by atoms with Gasteiger partial charge in [0, 0.05) is 29.2 Å². The van der Waals surface area contributed by atoms with Crippen LogP contribution in [-0.4, -0.2) is 29.9 Å². The molecule has 1 aliphatic heterocycles. The van der Waals surface area contributed by atoms with E-state index < -0.39 is 0 Å². The summed E-state index contributed by atoms with van der Waals surface area (Å²) in [6, 6.07) is 16.2. The van der Waals surface area contributed by atoms with Crippen LogP contribution in [0.1, 0.15) is 23.2 Å². The molecule has 1 saturated heterocycles. The molecule has 0 atom stereocenters. The molecule has 2 aromatic rings. The summed E-state index contributed by atoms with van der Waals surface area (Å²) >= 11 is 6.00. The van der Waals surface area contributed by atoms with Gasteiger partial charge in [-0.3, -0.25) is 14.5 Å². The molecule has 23 heavy (non-hydrogen) atoms. The third kappa shape index (κ3) is 3.54. The van der Waals surface area contributed by atoms with Gasteiger partial charge in [0.1, 0.15) is 6.67 Å². The fourth-order valence-corrected chi connectivity index (χ4v) is 2.86. The largest absolute Gasteiger partial charge is 0.324 e. The van der Waals surface area contributed by atoms with Crippen LogP contribution >= 0.6 is 11.6 Å². The molecule has 0 aromatic heterocycles. The average Bonchev–Trinajstić information content (AvgIpc) is 2.98. The maximum atomic E-state index is 12.9. The van der Waals surface area contributed by atoms with Gasteiger partial charge in [0.25, 0.3) is 5.91 Å². The van der Waals surface area contributed by atoms with Gasteiger partial charge in [-0.2, -0.15) is 0 Å². The molecule has 1 aliphatic rings. The van der Waals surface area contributed by atoms with Crippen molar-refractivity contribution in [2.45, 2.75) is 12.8 Å². The van der Waals surface area contributed by atoms with Crippen LogP contribution in [0.25, 0.3) is 0 Å². The Balaban J connectivity index is 1.91. The Kier molecular flexibility index (Phi) is 4.63. The lowest BCUT2D eigenvalue weighted by atomic mass is 10.2. The third-order valence-corrected chi connectivity index (χ3v) is 4.10. The first-order valence-corrected chi connectivity index (χ1v) is 7.93. The first kappa shape index (κ1) is 15.6. The summed E-state index contributed by atoms with van der Waals surface area (Å²) in [4.78, 5) is 28.2. The van der Waals surface area contributed by atoms with E-state index in [9.17, 15) is 9.59 Å². The standard InChI is InChI=1S/C18H17ClN2O2/c19-15-7-4-6-14(12-15)18(23)21(16-8-2-1-3-9-16)13-20-11-5-10-17(20)22/h1-4,6-9,12H,5,10-11,13H2. The fourth-order valence-electron chi connectivity index (χ4n) is 2.67. The molecule has 5 heteroatoms. The summed E-state index contributed by atoms with van der Waals surface area (Å²) in [5.74, 6) is -0.0803. The molecule has 2 amide bonds. The zero-order valence-corrected chi connectivity index (χ0v) is 13.4. The Labute approximate surface area is 140 Å². The summed E-state index contributed by atoms with van der Waals surface area (Å²) in [5.41, 5.74) is 1.27. The van der Waals surface area contributed by atoms with Crippen LogP contribution in [-0.2, 0) is 4.79 Å². The van der Waals surface area contributed by atoms with Crippen LogP contribution < -0.4 is 4.90 Å². The van der Waals surface area contributed by atoms with Gasteiger partial charge in [0.05, 0.1) is 0 Å². The number of likely N-dealkylation sites (tertiary alicyclic amines) is 1. The lowest BCUT2D eigenvalue weighted by Crippen LogP contribution is -2.42. The van der Waals surface area contributed by atoms with Gasteiger partial charge in [0.15, 0.2) is 0 Å². The van der Waals surface area contributed by atoms with Crippen LogP contribution in [0.15, 0.2) is 54.6 Å². The van der Waals surface area contributed by atoms with E-state index in [2.05, 4.69) is 0 Å². The number of para-hydroxylation sites is 1. The van der Waals surface area contributed by atoms with Crippen molar-refractivity contribution >= 4 is 29.1 Å². The molecule has 2 aromatic carbocycles. The second kappa shape index (κ2) is 6.84. The van der Waals surface area contributed by atoms with E-state index in [-0.39, 0.29) is 18.5 Å². The van der Waals surface area contributed by atoms with Crippen LogP contribution in [0, 0.1) is 0 Å². The summed E-state index contributed by atoms with van der Waals surface area (Å²) in [6.07, 6.45) is 1.39. The summed E-state index contributed by atoms with van der Waals surface area (Å²) in [6.45, 7) is 0.944. The van der Waals surface area contributed by atoms with E-state index in [1.807, 2.05) is 30.3 Å². The Morgan fingerprint density at radius 3 is 2.57 bits per heavy atom. The van der Waals surface area contributed by atoms with Crippen molar-refractivity contribution in [3.63, 3.8) is 0 Å². The Morgan fingerprint density at radius 1 is 1.13 bits per heavy atom. The number of hydrogen-bond acceptors (Lipinski definition) is 2. The van der Waals surface area contributed by atoms with Gasteiger partial charge < -0.3 is 4.90 Å². The van der Waals surface area contributed by atoms with Gasteiger partial charge in [-0.15, -0.1) is 0 Å². The van der Waals surface area contributed by atoms with Crippen LogP contribution in [0.5, 0.6) is 0 Å². The van der Waals surface area contributed by atoms with Crippen molar-refractivity contribution < 1.29 is 9.59 Å². The smallest absolute Gasteiger partial charge is 0.259 e. The molecule has 0 saturated carbocycles. The number of halogens is 1. The quantitative estimate of drug-likeness (QED) is 0.861. The predicted molar refractivity (Wildman–Crippen MR) is 90.5 cm³/mol. The molecule has 3 rings (SSSR count). The van der Waals surface area contributed by atoms with Crippen LogP contribution in [0.3, 0.4) is 0 Å². The van der Waals surface area contributed by atoms with Gasteiger partial charge in [-0.25, -0.2) is 0 Å². The number of carbonyl (C=O) groups excluding carboxylic acids is 2. The molecule has 118 valence electrons. The zero-order chi connectivity index (χ0) is 16.2. The highest BCUT2D eigenvalue weighted by molar-refractivity contribution is 6.31. The lowest BCUT2D eigenvalue weighted by molar-refractivity contribution is -0.127. The molecule has 1 heterocycles. The van der Waals surface area contributed by atoms with Gasteiger partial charge in [-0.05, 0) is 36.8 Å². The van der Waals surface area contributed by atoms with Crippen molar-refractivity contribution in [2.75, 3.05) is 18.1 Å². The monoisotopic (exact) mass is 328 g/mol. The maximum Gasteiger partial charge on any atom is 0.259 e. The van der Waals surface area contributed by atoms with E-state index in [4.69, 9.17) is 11.6 Å². The second-order valence-electron chi connectivity index (χ2n) is 5.48. The SMILES string of the molecule is O=C1CCCN1CN(C(=O)c1cccc(Cl)c1)c1ccccc1. The second-order valence-corrected chi connectivity index (χ2v) is 5.92. The van der Waals surface area contributed by atoms with E-state index in [1.54, 1.807) is 34.1 Å². The lowest BCUT2D eigenvalue weighted by Gasteiger charge is -2.28. The van der Waals surface area contributed by atoms with Crippen LogP contribution in [0.2, 0.25) is 5.02 Å². The van der Waals surface area contributed by atoms with Gasteiger partial charge in [0.2, 0.25) is 5.91 Å². The van der Waals surface area contributed by atoms with Gasteiger partial charge in [-0.1, -0.05) is 35.9 Å². The van der Waals surface area contributed by atoms with Crippen molar-refractivity contribution in [3.05, 3.63) is 65.2 Å². The molecular weight excluding hydrogens is 312 g/mol. The van der Waals surface area contributed by atoms with E-state index in [0.717, 1.165) is 12.1 Å². The number of amides is 2. The summed E-state index contributed by atoms with van der Waals surface area (Å²) < 4.78 is 0. The average molecular weight is 329 g/mol. The minimum atomic E-state index is -0.168. The first-order chi connectivity index (χ1) is 11.1. The van der Waals surface area contributed by atoms with E-state index in [0.29, 0.717) is 23.6 Å². The predicted octanol–water partition coefficient (Wildman–Crippen LogP) is 3.57. The number of nitrogens with zero attached hydrogens (tertiary/aromatic N) is 2. The number of rotatable bonds is 4. The Bertz CT molecular complexity index is 718. The molecule has 0 unspecified atom stereocenters. The number of benzene rings is 2. The summed E-state index contributed by atoms with van der Waals surface area (Å²) in [5, 5.41) is 0.515. The van der Waals surface area contributed by atoms with E-state index in [1.165, 1.54) is 0 Å². The van der Waals surface area contributed by atoms with Crippen molar-refractivity contribution in [2.24, 2.45) is 0 Å². The molecule has 0 bridgehead atoms. The van der Waals surface area contributed by atoms with Crippen molar-refractivity contribution in [1.82, 2.24) is 4.90 Å². The normalized spacial score (nSPS) is 14.1. The molecule has 0 N–H and O–H groups in total. The molecule has 4 nitrogen and oxygen atoms in total. The number of anilines is 1. The highest BCUT2D eigenvalue weighted by Crippen LogP contribution is 2.21. The Morgan fingerprint density at radius 2 is 1.91 bits per heavy atom. The molecular formula is C18H17ClN2O2. The minimum Gasteiger partial charge on any atom is -0.324 e. The highest BCUT2D eigenvalue weighted by atomic mass is 35.5. The highest BCUT2D eigenvalue weighted by Gasteiger charge is 2.26. The maximum absolute atomic E-state index is 12.9. The molecule has 0 spiro atoms. The van der Waals surface area contributed by atoms with E-state index >= 15 is 0 Å². The summed E-state index contributed by atoms with van der Waals surface area (Å²) in [7, 11) is 0. The number of carbonyl (C=O) groups is 2. The first-order valence-electron chi connectivity index (χ1n) is 7.55. The minimum absolute atomic E-state index is 0.0878. The van der Waals surface area contributed by atoms with Crippen LogP contribution in [0.4, 0.5) is 5.69 Å². The zero-order valence-electron chi connectivity index (χ0n) is 12.6. The fraction of sp³-hybridized carbons (Fsp3) is 0.222. The molecule has 1 fully saturated rings. The number of hydrogen-bond donors (Lipinski definition) is 0. The third-order valence-electron chi connectivity index (χ3n) is 3.87. The topological polar surface area (TPSA) is 40.6 Å². The molecule has 0 radical (unpaired) electrons. The van der Waals surface area contributed by atoms with Crippen molar-refractivity contribution in [3.8, 4) is 0 Å². The molecule has 0 aliphatic carbocycles. The Hall–Kier alpha value is -2.33. The van der Waals surface area contributed by atoms with Gasteiger partial charge >= 0.3 is 0 Å².